The van der Waals surface area contributed by atoms with Crippen molar-refractivity contribution in [2.75, 3.05) is 12.0 Å². The SMILES string of the molecule is COc1cccc(N2C(=O)/C(=C\c3cccc(C)c3)NC2=S)c1. The Balaban J connectivity index is 1.93. The van der Waals surface area contributed by atoms with Crippen LogP contribution in [0.4, 0.5) is 5.69 Å². The monoisotopic (exact) mass is 324 g/mol. The minimum atomic E-state index is -0.176. The van der Waals surface area contributed by atoms with E-state index in [1.807, 2.05) is 55.5 Å². The molecule has 1 heterocycles. The smallest absolute Gasteiger partial charge is 0.281 e. The second-order valence-corrected chi connectivity index (χ2v) is 5.63. The van der Waals surface area contributed by atoms with Gasteiger partial charge in [0.1, 0.15) is 11.4 Å². The molecule has 1 aliphatic heterocycles. The summed E-state index contributed by atoms with van der Waals surface area (Å²) in [6.45, 7) is 2.01. The van der Waals surface area contributed by atoms with Crippen LogP contribution in [0.3, 0.4) is 0 Å². The van der Waals surface area contributed by atoms with E-state index in [-0.39, 0.29) is 5.91 Å². The normalized spacial score (nSPS) is 15.9. The molecular formula is C18H16N2O2S. The van der Waals surface area contributed by atoms with Crippen molar-refractivity contribution in [3.63, 3.8) is 0 Å². The summed E-state index contributed by atoms with van der Waals surface area (Å²) in [5, 5.41) is 3.35. The molecule has 23 heavy (non-hydrogen) atoms. The summed E-state index contributed by atoms with van der Waals surface area (Å²) < 4.78 is 5.20. The third kappa shape index (κ3) is 3.10. The number of benzene rings is 2. The van der Waals surface area contributed by atoms with Crippen LogP contribution in [0.5, 0.6) is 5.75 Å². The number of methoxy groups -OCH3 is 1. The number of nitrogens with zero attached hydrogens (tertiary/aromatic N) is 1. The largest absolute Gasteiger partial charge is 0.497 e. The molecule has 1 N–H and O–H groups in total. The van der Waals surface area contributed by atoms with Crippen molar-refractivity contribution in [1.82, 2.24) is 5.32 Å². The molecule has 1 amide bonds. The summed E-state index contributed by atoms with van der Waals surface area (Å²) in [6, 6.07) is 15.2. The van der Waals surface area contributed by atoms with Crippen LogP contribution in [0.15, 0.2) is 54.2 Å². The zero-order chi connectivity index (χ0) is 16.4. The molecule has 0 bridgehead atoms. The lowest BCUT2D eigenvalue weighted by Gasteiger charge is -2.14. The predicted octanol–water partition coefficient (Wildman–Crippen LogP) is 3.27. The molecule has 1 fully saturated rings. The van der Waals surface area contributed by atoms with Gasteiger partial charge in [-0.05, 0) is 42.9 Å². The van der Waals surface area contributed by atoms with Gasteiger partial charge in [-0.2, -0.15) is 0 Å². The Kier molecular flexibility index (Phi) is 4.12. The number of thiocarbonyl (C=S) groups is 1. The minimum Gasteiger partial charge on any atom is -0.497 e. The maximum Gasteiger partial charge on any atom is 0.281 e. The Hall–Kier alpha value is -2.66. The molecule has 0 aliphatic carbocycles. The fourth-order valence-electron chi connectivity index (χ4n) is 2.45. The van der Waals surface area contributed by atoms with Gasteiger partial charge >= 0.3 is 0 Å². The van der Waals surface area contributed by atoms with Gasteiger partial charge in [-0.1, -0.05) is 35.9 Å². The van der Waals surface area contributed by atoms with Crippen LogP contribution in [-0.4, -0.2) is 18.1 Å². The molecule has 0 aromatic heterocycles. The molecule has 0 radical (unpaired) electrons. The Labute approximate surface area is 140 Å². The fourth-order valence-corrected chi connectivity index (χ4v) is 2.74. The van der Waals surface area contributed by atoms with E-state index >= 15 is 0 Å². The first-order valence-electron chi connectivity index (χ1n) is 7.16. The molecule has 1 saturated heterocycles. The summed E-state index contributed by atoms with van der Waals surface area (Å²) in [6.07, 6.45) is 1.81. The highest BCUT2D eigenvalue weighted by atomic mass is 32.1. The van der Waals surface area contributed by atoms with E-state index in [0.717, 1.165) is 11.1 Å². The summed E-state index contributed by atoms with van der Waals surface area (Å²) in [7, 11) is 1.59. The van der Waals surface area contributed by atoms with Gasteiger partial charge in [0.25, 0.3) is 5.91 Å². The van der Waals surface area contributed by atoms with Crippen LogP contribution in [-0.2, 0) is 4.79 Å². The third-order valence-electron chi connectivity index (χ3n) is 3.54. The van der Waals surface area contributed by atoms with Crippen LogP contribution < -0.4 is 15.0 Å². The van der Waals surface area contributed by atoms with Crippen molar-refractivity contribution in [2.24, 2.45) is 0 Å². The number of rotatable bonds is 3. The van der Waals surface area contributed by atoms with E-state index in [1.54, 1.807) is 13.2 Å². The standard InChI is InChI=1S/C18H16N2O2S/c1-12-5-3-6-13(9-12)10-16-17(21)20(18(23)19-16)14-7-4-8-15(11-14)22-2/h3-11H,1-2H3,(H,19,23)/b16-10+. The van der Waals surface area contributed by atoms with Crippen LogP contribution in [0.2, 0.25) is 0 Å². The molecule has 0 saturated carbocycles. The molecule has 4 nitrogen and oxygen atoms in total. The summed E-state index contributed by atoms with van der Waals surface area (Å²) in [5.41, 5.74) is 3.23. The number of aryl methyl sites for hydroxylation is 1. The predicted molar refractivity (Wildman–Crippen MR) is 95.4 cm³/mol. The lowest BCUT2D eigenvalue weighted by atomic mass is 10.1. The van der Waals surface area contributed by atoms with Crippen molar-refractivity contribution in [3.05, 3.63) is 65.4 Å². The Morgan fingerprint density at radius 2 is 1.96 bits per heavy atom. The molecule has 0 atom stereocenters. The van der Waals surface area contributed by atoms with Gasteiger partial charge in [0.05, 0.1) is 12.8 Å². The van der Waals surface area contributed by atoms with Crippen molar-refractivity contribution < 1.29 is 9.53 Å². The average molecular weight is 324 g/mol. The highest BCUT2D eigenvalue weighted by Gasteiger charge is 2.32. The number of nitrogens with one attached hydrogen (secondary N) is 1. The zero-order valence-electron chi connectivity index (χ0n) is 12.9. The number of hydrogen-bond acceptors (Lipinski definition) is 3. The molecule has 0 unspecified atom stereocenters. The van der Waals surface area contributed by atoms with Crippen LogP contribution in [0.1, 0.15) is 11.1 Å². The van der Waals surface area contributed by atoms with Crippen LogP contribution in [0, 0.1) is 6.92 Å². The third-order valence-corrected chi connectivity index (χ3v) is 3.83. The molecule has 2 aromatic rings. The van der Waals surface area contributed by atoms with Gasteiger partial charge in [-0.3, -0.25) is 9.69 Å². The Morgan fingerprint density at radius 3 is 2.70 bits per heavy atom. The second-order valence-electron chi connectivity index (χ2n) is 5.24. The number of carbonyl (C=O) groups excluding carboxylic acids is 1. The second kappa shape index (κ2) is 6.22. The van der Waals surface area contributed by atoms with Gasteiger partial charge in [0, 0.05) is 6.07 Å². The first-order chi connectivity index (χ1) is 11.1. The molecule has 1 aliphatic rings. The van der Waals surface area contributed by atoms with Crippen molar-refractivity contribution >= 4 is 35.0 Å². The topological polar surface area (TPSA) is 41.6 Å². The molecule has 116 valence electrons. The van der Waals surface area contributed by atoms with Crippen LogP contribution in [0.25, 0.3) is 6.08 Å². The molecule has 5 heteroatoms. The lowest BCUT2D eigenvalue weighted by Crippen LogP contribution is -2.30. The Morgan fingerprint density at radius 1 is 1.17 bits per heavy atom. The van der Waals surface area contributed by atoms with Gasteiger partial charge in [0.2, 0.25) is 0 Å². The van der Waals surface area contributed by atoms with Gasteiger partial charge in [0.15, 0.2) is 5.11 Å². The number of ether oxygens (including phenoxy) is 1. The van der Waals surface area contributed by atoms with Crippen molar-refractivity contribution in [2.45, 2.75) is 6.92 Å². The summed E-state index contributed by atoms with van der Waals surface area (Å²) in [4.78, 5) is 14.1. The molecule has 0 spiro atoms. The fraction of sp³-hybridized carbons (Fsp3) is 0.111. The first kappa shape index (κ1) is 15.2. The summed E-state index contributed by atoms with van der Waals surface area (Å²) >= 11 is 5.31. The highest BCUT2D eigenvalue weighted by molar-refractivity contribution is 7.80. The average Bonchev–Trinajstić information content (AvgIpc) is 2.81. The van der Waals surface area contributed by atoms with Gasteiger partial charge in [-0.15, -0.1) is 0 Å². The maximum atomic E-state index is 12.7. The lowest BCUT2D eigenvalue weighted by molar-refractivity contribution is -0.113. The zero-order valence-corrected chi connectivity index (χ0v) is 13.7. The van der Waals surface area contributed by atoms with Crippen molar-refractivity contribution in [3.8, 4) is 5.75 Å². The minimum absolute atomic E-state index is 0.176. The van der Waals surface area contributed by atoms with E-state index in [1.165, 1.54) is 4.90 Å². The van der Waals surface area contributed by atoms with E-state index in [9.17, 15) is 4.79 Å². The number of amides is 1. The summed E-state index contributed by atoms with van der Waals surface area (Å²) in [5.74, 6) is 0.499. The van der Waals surface area contributed by atoms with E-state index in [2.05, 4.69) is 5.32 Å². The van der Waals surface area contributed by atoms with Crippen molar-refractivity contribution in [1.29, 1.82) is 0 Å². The molecule has 3 rings (SSSR count). The van der Waals surface area contributed by atoms with Crippen LogP contribution >= 0.6 is 12.2 Å². The molecule has 2 aromatic carbocycles. The van der Waals surface area contributed by atoms with E-state index in [4.69, 9.17) is 17.0 Å². The highest BCUT2D eigenvalue weighted by Crippen LogP contribution is 2.26. The maximum absolute atomic E-state index is 12.7. The van der Waals surface area contributed by atoms with Gasteiger partial charge in [-0.25, -0.2) is 0 Å². The number of hydrogen-bond donors (Lipinski definition) is 1. The number of anilines is 1. The van der Waals surface area contributed by atoms with Gasteiger partial charge < -0.3 is 10.1 Å². The van der Waals surface area contributed by atoms with E-state index < -0.39 is 0 Å². The quantitative estimate of drug-likeness (QED) is 0.695. The van der Waals surface area contributed by atoms with E-state index in [0.29, 0.717) is 22.2 Å². The first-order valence-corrected chi connectivity index (χ1v) is 7.57. The number of carbonyl (C=O) groups is 1. The molecular weight excluding hydrogens is 308 g/mol. The Bertz CT molecular complexity index is 814.